The quantitative estimate of drug-likeness (QED) is 0.766. The first-order valence-corrected chi connectivity index (χ1v) is 8.94. The van der Waals surface area contributed by atoms with Crippen LogP contribution in [0.4, 0.5) is 5.95 Å². The van der Waals surface area contributed by atoms with Gasteiger partial charge in [-0.25, -0.2) is 9.36 Å². The van der Waals surface area contributed by atoms with Crippen molar-refractivity contribution in [2.75, 3.05) is 11.9 Å². The zero-order chi connectivity index (χ0) is 19.0. The molecule has 1 N–H and O–H groups in total. The Labute approximate surface area is 157 Å². The molecule has 27 heavy (non-hydrogen) atoms. The van der Waals surface area contributed by atoms with E-state index in [1.807, 2.05) is 48.9 Å². The number of hydrogen-bond donors (Lipinski definition) is 1. The van der Waals surface area contributed by atoms with Crippen molar-refractivity contribution in [1.82, 2.24) is 24.5 Å². The van der Waals surface area contributed by atoms with E-state index in [-0.39, 0.29) is 17.9 Å². The van der Waals surface area contributed by atoms with Crippen molar-refractivity contribution in [3.63, 3.8) is 0 Å². The molecule has 0 aliphatic carbocycles. The number of amides is 1. The van der Waals surface area contributed by atoms with Crippen LogP contribution in [0.1, 0.15) is 29.5 Å². The number of nitrogens with zero attached hydrogens (tertiary/aromatic N) is 5. The van der Waals surface area contributed by atoms with E-state index in [0.717, 1.165) is 22.6 Å². The van der Waals surface area contributed by atoms with Gasteiger partial charge in [0.2, 0.25) is 11.9 Å². The van der Waals surface area contributed by atoms with Crippen molar-refractivity contribution in [1.29, 1.82) is 0 Å². The Morgan fingerprint density at radius 3 is 2.74 bits per heavy atom. The standard InChI is InChI=1S/C19H22N6O2/c1-12-16(13(2)25(23-12)14-7-5-4-6-8-14)17-15(9-10-27-17)18(26)22-19-20-11-21-24(19)3/h4-8,11,15,17H,9-10H2,1-3H3,(H,20,21,22,26)/t15-,17-/m0/s1. The molecule has 8 heteroatoms. The number of aromatic nitrogens is 5. The minimum atomic E-state index is -0.323. The Balaban J connectivity index is 1.63. The van der Waals surface area contributed by atoms with Crippen LogP contribution in [-0.4, -0.2) is 37.1 Å². The van der Waals surface area contributed by atoms with Crippen molar-refractivity contribution < 1.29 is 9.53 Å². The predicted molar refractivity (Wildman–Crippen MR) is 99.5 cm³/mol. The highest BCUT2D eigenvalue weighted by Crippen LogP contribution is 2.38. The lowest BCUT2D eigenvalue weighted by Crippen LogP contribution is -2.27. The summed E-state index contributed by atoms with van der Waals surface area (Å²) < 4.78 is 9.42. The lowest BCUT2D eigenvalue weighted by atomic mass is 9.93. The minimum Gasteiger partial charge on any atom is -0.373 e. The minimum absolute atomic E-state index is 0.111. The van der Waals surface area contributed by atoms with Gasteiger partial charge in [-0.3, -0.25) is 10.1 Å². The van der Waals surface area contributed by atoms with E-state index in [1.165, 1.54) is 11.0 Å². The van der Waals surface area contributed by atoms with Gasteiger partial charge in [-0.05, 0) is 32.4 Å². The number of ether oxygens (including phenoxy) is 1. The second kappa shape index (κ2) is 6.96. The number of rotatable bonds is 4. The van der Waals surface area contributed by atoms with E-state index in [9.17, 15) is 4.79 Å². The monoisotopic (exact) mass is 366 g/mol. The molecular formula is C19H22N6O2. The van der Waals surface area contributed by atoms with E-state index in [1.54, 1.807) is 7.05 Å². The fraction of sp³-hybridized carbons (Fsp3) is 0.368. The molecule has 2 aromatic heterocycles. The first kappa shape index (κ1) is 17.4. The summed E-state index contributed by atoms with van der Waals surface area (Å²) in [4.78, 5) is 16.9. The highest BCUT2D eigenvalue weighted by molar-refractivity contribution is 5.91. The number of carbonyl (C=O) groups is 1. The summed E-state index contributed by atoms with van der Waals surface area (Å²) in [6, 6.07) is 9.96. The lowest BCUT2D eigenvalue weighted by Gasteiger charge is -2.18. The van der Waals surface area contributed by atoms with E-state index in [2.05, 4.69) is 20.5 Å². The van der Waals surface area contributed by atoms with Crippen LogP contribution in [0.3, 0.4) is 0 Å². The van der Waals surface area contributed by atoms with Crippen LogP contribution in [0.25, 0.3) is 5.69 Å². The van der Waals surface area contributed by atoms with Gasteiger partial charge in [0.25, 0.3) is 0 Å². The van der Waals surface area contributed by atoms with Crippen LogP contribution < -0.4 is 5.32 Å². The van der Waals surface area contributed by atoms with Crippen molar-refractivity contribution in [3.8, 4) is 5.69 Å². The number of anilines is 1. The number of para-hydroxylation sites is 1. The fourth-order valence-corrected chi connectivity index (χ4v) is 3.64. The largest absolute Gasteiger partial charge is 0.373 e. The molecule has 1 amide bonds. The summed E-state index contributed by atoms with van der Waals surface area (Å²) in [5.41, 5.74) is 3.83. The Hall–Kier alpha value is -3.00. The van der Waals surface area contributed by atoms with Crippen molar-refractivity contribution in [3.05, 3.63) is 53.6 Å². The smallest absolute Gasteiger partial charge is 0.232 e. The molecule has 1 aromatic carbocycles. The predicted octanol–water partition coefficient (Wildman–Crippen LogP) is 2.33. The second-order valence-electron chi connectivity index (χ2n) is 6.71. The van der Waals surface area contributed by atoms with Gasteiger partial charge in [0.15, 0.2) is 0 Å². The first-order valence-electron chi connectivity index (χ1n) is 8.94. The maximum atomic E-state index is 12.8. The van der Waals surface area contributed by atoms with Crippen LogP contribution in [0.15, 0.2) is 36.7 Å². The van der Waals surface area contributed by atoms with Gasteiger partial charge in [0.05, 0.1) is 23.4 Å². The molecule has 3 heterocycles. The molecule has 0 radical (unpaired) electrons. The third kappa shape index (κ3) is 3.12. The number of carbonyl (C=O) groups excluding carboxylic acids is 1. The third-order valence-corrected chi connectivity index (χ3v) is 5.01. The van der Waals surface area contributed by atoms with Crippen LogP contribution in [0.5, 0.6) is 0 Å². The summed E-state index contributed by atoms with van der Waals surface area (Å²) in [6.07, 6.45) is 1.75. The number of benzene rings is 1. The Bertz CT molecular complexity index is 962. The Morgan fingerprint density at radius 2 is 2.04 bits per heavy atom. The molecule has 1 fully saturated rings. The molecule has 140 valence electrons. The first-order chi connectivity index (χ1) is 13.1. The highest BCUT2D eigenvalue weighted by Gasteiger charge is 2.38. The van der Waals surface area contributed by atoms with Gasteiger partial charge in [0.1, 0.15) is 6.33 Å². The summed E-state index contributed by atoms with van der Waals surface area (Å²) in [5.74, 6) is 0.0199. The molecule has 0 bridgehead atoms. The average molecular weight is 366 g/mol. The van der Waals surface area contributed by atoms with E-state index in [4.69, 9.17) is 4.74 Å². The normalized spacial score (nSPS) is 19.4. The summed E-state index contributed by atoms with van der Waals surface area (Å²) in [6.45, 7) is 4.51. The van der Waals surface area contributed by atoms with Crippen LogP contribution in [0, 0.1) is 19.8 Å². The zero-order valence-corrected chi connectivity index (χ0v) is 15.6. The SMILES string of the molecule is Cc1nn(-c2ccccc2)c(C)c1[C@H]1OCC[C@@H]1C(=O)Nc1ncnn1C. The average Bonchev–Trinajstić information content (AvgIpc) is 3.36. The van der Waals surface area contributed by atoms with Gasteiger partial charge < -0.3 is 4.74 Å². The van der Waals surface area contributed by atoms with E-state index >= 15 is 0 Å². The van der Waals surface area contributed by atoms with Gasteiger partial charge in [-0.2, -0.15) is 15.2 Å². The van der Waals surface area contributed by atoms with Gasteiger partial charge in [-0.1, -0.05) is 18.2 Å². The van der Waals surface area contributed by atoms with Crippen molar-refractivity contribution in [2.45, 2.75) is 26.4 Å². The third-order valence-electron chi connectivity index (χ3n) is 5.01. The summed E-state index contributed by atoms with van der Waals surface area (Å²) >= 11 is 0. The Morgan fingerprint density at radius 1 is 1.26 bits per heavy atom. The maximum absolute atomic E-state index is 12.8. The molecule has 1 aliphatic rings. The van der Waals surface area contributed by atoms with Gasteiger partial charge in [-0.15, -0.1) is 0 Å². The van der Waals surface area contributed by atoms with E-state index in [0.29, 0.717) is 19.0 Å². The Kier molecular flexibility index (Phi) is 4.49. The molecule has 0 unspecified atom stereocenters. The van der Waals surface area contributed by atoms with Gasteiger partial charge >= 0.3 is 0 Å². The fourth-order valence-electron chi connectivity index (χ4n) is 3.64. The number of aryl methyl sites for hydroxylation is 2. The highest BCUT2D eigenvalue weighted by atomic mass is 16.5. The molecule has 2 atom stereocenters. The molecule has 1 aliphatic heterocycles. The van der Waals surface area contributed by atoms with Crippen LogP contribution in [-0.2, 0) is 16.6 Å². The molecule has 8 nitrogen and oxygen atoms in total. The van der Waals surface area contributed by atoms with E-state index < -0.39 is 0 Å². The zero-order valence-electron chi connectivity index (χ0n) is 15.6. The molecule has 4 rings (SSSR count). The molecule has 3 aromatic rings. The second-order valence-corrected chi connectivity index (χ2v) is 6.71. The lowest BCUT2D eigenvalue weighted by molar-refractivity contribution is -0.121. The van der Waals surface area contributed by atoms with Crippen LogP contribution >= 0.6 is 0 Å². The van der Waals surface area contributed by atoms with Gasteiger partial charge in [0, 0.05) is 24.9 Å². The van der Waals surface area contributed by atoms with Crippen molar-refractivity contribution in [2.24, 2.45) is 13.0 Å². The summed E-state index contributed by atoms with van der Waals surface area (Å²) in [7, 11) is 1.74. The topological polar surface area (TPSA) is 86.9 Å². The van der Waals surface area contributed by atoms with Crippen molar-refractivity contribution >= 4 is 11.9 Å². The number of nitrogens with one attached hydrogen (secondary N) is 1. The maximum Gasteiger partial charge on any atom is 0.232 e. The molecule has 1 saturated heterocycles. The molecule has 0 spiro atoms. The van der Waals surface area contributed by atoms with Crippen LogP contribution in [0.2, 0.25) is 0 Å². The summed E-state index contributed by atoms with van der Waals surface area (Å²) in [5, 5.41) is 11.5. The number of hydrogen-bond acceptors (Lipinski definition) is 5. The molecular weight excluding hydrogens is 344 g/mol. The molecule has 0 saturated carbocycles.